The first-order valence-electron chi connectivity index (χ1n) is 10.0. The van der Waals surface area contributed by atoms with Gasteiger partial charge < -0.3 is 14.2 Å². The molecule has 154 valence electrons. The predicted octanol–water partition coefficient (Wildman–Crippen LogP) is 1.59. The van der Waals surface area contributed by atoms with Gasteiger partial charge in [0.05, 0.1) is 30.8 Å². The van der Waals surface area contributed by atoms with Crippen LogP contribution in [0.25, 0.3) is 11.0 Å². The Morgan fingerprint density at radius 1 is 1.21 bits per heavy atom. The normalized spacial score (nSPS) is 15.1. The molecule has 1 aliphatic heterocycles. The number of aromatic nitrogens is 4. The van der Waals surface area contributed by atoms with E-state index in [1.165, 1.54) is 0 Å². The van der Waals surface area contributed by atoms with Gasteiger partial charge in [-0.25, -0.2) is 4.98 Å². The fraction of sp³-hybridized carbons (Fsp3) is 0.476. The van der Waals surface area contributed by atoms with Crippen LogP contribution in [0.3, 0.4) is 0 Å². The molecule has 3 heterocycles. The first-order valence-corrected chi connectivity index (χ1v) is 10.0. The highest BCUT2D eigenvalue weighted by Crippen LogP contribution is 2.17. The molecule has 0 bridgehead atoms. The molecule has 1 aromatic carbocycles. The minimum absolute atomic E-state index is 0.0611. The number of fused-ring (bicyclic) bond motifs is 1. The molecule has 0 unspecified atom stereocenters. The highest BCUT2D eigenvalue weighted by atomic mass is 16.5. The summed E-state index contributed by atoms with van der Waals surface area (Å²) in [5.74, 6) is 0.809. The van der Waals surface area contributed by atoms with Gasteiger partial charge in [0, 0.05) is 46.0 Å². The van der Waals surface area contributed by atoms with Crippen LogP contribution in [0.2, 0.25) is 0 Å². The lowest BCUT2D eigenvalue weighted by atomic mass is 10.3. The Hall–Kier alpha value is -2.71. The molecule has 1 aliphatic rings. The van der Waals surface area contributed by atoms with E-state index in [1.807, 2.05) is 56.3 Å². The second-order valence-corrected chi connectivity index (χ2v) is 7.55. The second kappa shape index (κ2) is 8.34. The molecule has 8 heteroatoms. The summed E-state index contributed by atoms with van der Waals surface area (Å²) in [5, 5.41) is 4.40. The van der Waals surface area contributed by atoms with Crippen molar-refractivity contribution in [2.75, 3.05) is 39.4 Å². The third-order valence-corrected chi connectivity index (χ3v) is 5.62. The molecule has 0 N–H and O–H groups in total. The summed E-state index contributed by atoms with van der Waals surface area (Å²) in [6.45, 7) is 7.13. The van der Waals surface area contributed by atoms with Gasteiger partial charge >= 0.3 is 0 Å². The zero-order valence-corrected chi connectivity index (χ0v) is 17.3. The molecule has 2 aromatic heterocycles. The summed E-state index contributed by atoms with van der Waals surface area (Å²) >= 11 is 0. The standard InChI is InChI=1S/C21H28N6O2/c1-16-14-18(23-25(16)3)21(28)27(9-8-26-10-12-29-13-11-26)15-20-22-17-6-4-5-7-19(17)24(20)2/h4-7,14H,8-13,15H2,1-3H3. The number of rotatable bonds is 6. The van der Waals surface area contributed by atoms with Crippen molar-refractivity contribution in [3.05, 3.63) is 47.5 Å². The molecule has 3 aromatic rings. The Balaban J connectivity index is 1.57. The van der Waals surface area contributed by atoms with Gasteiger partial charge in [-0.15, -0.1) is 0 Å². The van der Waals surface area contributed by atoms with Crippen LogP contribution < -0.4 is 0 Å². The van der Waals surface area contributed by atoms with Gasteiger partial charge in [-0.3, -0.25) is 14.4 Å². The SMILES string of the molecule is Cc1cc(C(=O)N(CCN2CCOCC2)Cc2nc3ccccc3n2C)nn1C. The number of benzene rings is 1. The number of hydrogen-bond acceptors (Lipinski definition) is 5. The van der Waals surface area contributed by atoms with Gasteiger partial charge in [0.25, 0.3) is 5.91 Å². The Morgan fingerprint density at radius 2 is 1.97 bits per heavy atom. The summed E-state index contributed by atoms with van der Waals surface area (Å²) in [6, 6.07) is 9.89. The van der Waals surface area contributed by atoms with Crippen molar-refractivity contribution in [2.45, 2.75) is 13.5 Å². The lowest BCUT2D eigenvalue weighted by Crippen LogP contribution is -2.43. The van der Waals surface area contributed by atoms with E-state index >= 15 is 0 Å². The fourth-order valence-corrected chi connectivity index (χ4v) is 3.67. The lowest BCUT2D eigenvalue weighted by Gasteiger charge is -2.29. The molecule has 1 saturated heterocycles. The predicted molar refractivity (Wildman–Crippen MR) is 111 cm³/mol. The van der Waals surface area contributed by atoms with Crippen LogP contribution in [0.1, 0.15) is 22.0 Å². The third-order valence-electron chi connectivity index (χ3n) is 5.62. The molecule has 4 rings (SSSR count). The average Bonchev–Trinajstić information content (AvgIpc) is 3.24. The smallest absolute Gasteiger partial charge is 0.274 e. The number of para-hydroxylation sites is 2. The van der Waals surface area contributed by atoms with E-state index < -0.39 is 0 Å². The monoisotopic (exact) mass is 396 g/mol. The molecule has 8 nitrogen and oxygen atoms in total. The molecule has 1 fully saturated rings. The van der Waals surface area contributed by atoms with Crippen molar-refractivity contribution in [3.8, 4) is 0 Å². The first-order chi connectivity index (χ1) is 14.0. The molecule has 0 saturated carbocycles. The van der Waals surface area contributed by atoms with E-state index in [0.717, 1.165) is 55.4 Å². The number of carbonyl (C=O) groups is 1. The summed E-state index contributed by atoms with van der Waals surface area (Å²) in [4.78, 5) is 22.2. The topological polar surface area (TPSA) is 68.4 Å². The van der Waals surface area contributed by atoms with Gasteiger partial charge in [-0.2, -0.15) is 5.10 Å². The molecular formula is C21H28N6O2. The summed E-state index contributed by atoms with van der Waals surface area (Å²) < 4.78 is 9.24. The molecule has 0 atom stereocenters. The van der Waals surface area contributed by atoms with E-state index in [9.17, 15) is 4.79 Å². The lowest BCUT2D eigenvalue weighted by molar-refractivity contribution is 0.0317. The largest absolute Gasteiger partial charge is 0.379 e. The van der Waals surface area contributed by atoms with E-state index in [0.29, 0.717) is 18.8 Å². The van der Waals surface area contributed by atoms with E-state index in [4.69, 9.17) is 9.72 Å². The molecule has 29 heavy (non-hydrogen) atoms. The van der Waals surface area contributed by atoms with Crippen LogP contribution in [0.4, 0.5) is 0 Å². The minimum Gasteiger partial charge on any atom is -0.379 e. The molecule has 1 amide bonds. The average molecular weight is 396 g/mol. The van der Waals surface area contributed by atoms with Crippen molar-refractivity contribution in [3.63, 3.8) is 0 Å². The van der Waals surface area contributed by atoms with Crippen LogP contribution in [-0.4, -0.2) is 74.4 Å². The number of hydrogen-bond donors (Lipinski definition) is 0. The maximum atomic E-state index is 13.3. The molecule has 0 radical (unpaired) electrons. The highest BCUT2D eigenvalue weighted by molar-refractivity contribution is 5.92. The quantitative estimate of drug-likeness (QED) is 0.633. The Bertz CT molecular complexity index is 982. The van der Waals surface area contributed by atoms with Crippen molar-refractivity contribution in [2.24, 2.45) is 14.1 Å². The summed E-state index contributed by atoms with van der Waals surface area (Å²) in [6.07, 6.45) is 0. The van der Waals surface area contributed by atoms with Gasteiger partial charge in [0.15, 0.2) is 5.69 Å². The van der Waals surface area contributed by atoms with Crippen molar-refractivity contribution in [1.82, 2.24) is 29.1 Å². The number of imidazole rings is 1. The van der Waals surface area contributed by atoms with Crippen LogP contribution >= 0.6 is 0 Å². The Morgan fingerprint density at radius 3 is 2.66 bits per heavy atom. The number of ether oxygens (including phenoxy) is 1. The van der Waals surface area contributed by atoms with Crippen molar-refractivity contribution >= 4 is 16.9 Å². The number of amides is 1. The van der Waals surface area contributed by atoms with Crippen LogP contribution in [0, 0.1) is 6.92 Å². The minimum atomic E-state index is -0.0611. The van der Waals surface area contributed by atoms with E-state index in [2.05, 4.69) is 14.6 Å². The number of nitrogens with zero attached hydrogens (tertiary/aromatic N) is 6. The Kier molecular flexibility index (Phi) is 5.64. The summed E-state index contributed by atoms with van der Waals surface area (Å²) in [5.41, 5.74) is 3.45. The van der Waals surface area contributed by atoms with Crippen molar-refractivity contribution < 1.29 is 9.53 Å². The van der Waals surface area contributed by atoms with E-state index in [1.54, 1.807) is 4.68 Å². The van der Waals surface area contributed by atoms with Crippen LogP contribution in [0.15, 0.2) is 30.3 Å². The zero-order chi connectivity index (χ0) is 20.4. The maximum absolute atomic E-state index is 13.3. The highest BCUT2D eigenvalue weighted by Gasteiger charge is 2.23. The fourth-order valence-electron chi connectivity index (χ4n) is 3.67. The van der Waals surface area contributed by atoms with Gasteiger partial charge in [-0.1, -0.05) is 12.1 Å². The van der Waals surface area contributed by atoms with Gasteiger partial charge in [-0.05, 0) is 25.1 Å². The maximum Gasteiger partial charge on any atom is 0.274 e. The molecule has 0 spiro atoms. The number of morpholine rings is 1. The first kappa shape index (κ1) is 19.6. The molecular weight excluding hydrogens is 368 g/mol. The van der Waals surface area contributed by atoms with Gasteiger partial charge in [0.1, 0.15) is 5.82 Å². The van der Waals surface area contributed by atoms with Crippen molar-refractivity contribution in [1.29, 1.82) is 0 Å². The molecule has 0 aliphatic carbocycles. The number of carbonyl (C=O) groups excluding carboxylic acids is 1. The Labute approximate surface area is 170 Å². The van der Waals surface area contributed by atoms with Gasteiger partial charge in [0.2, 0.25) is 0 Å². The summed E-state index contributed by atoms with van der Waals surface area (Å²) in [7, 11) is 3.86. The van der Waals surface area contributed by atoms with Crippen LogP contribution in [0.5, 0.6) is 0 Å². The number of aryl methyl sites for hydroxylation is 3. The van der Waals surface area contributed by atoms with Crippen LogP contribution in [-0.2, 0) is 25.4 Å². The third kappa shape index (κ3) is 4.18. The zero-order valence-electron chi connectivity index (χ0n) is 17.3. The second-order valence-electron chi connectivity index (χ2n) is 7.55. The van der Waals surface area contributed by atoms with E-state index in [-0.39, 0.29) is 5.91 Å².